The average Bonchev–Trinajstić information content (AvgIpc) is 3.39. The van der Waals surface area contributed by atoms with E-state index in [0.717, 1.165) is 10.7 Å². The van der Waals surface area contributed by atoms with Gasteiger partial charge in [0.25, 0.3) is 5.91 Å². The minimum Gasteiger partial charge on any atom is -0.443 e. The van der Waals surface area contributed by atoms with Crippen LogP contribution in [0.4, 0.5) is 28.2 Å². The zero-order chi connectivity index (χ0) is 24.3. The number of H-pyrrole nitrogens is 1. The van der Waals surface area contributed by atoms with Gasteiger partial charge < -0.3 is 15.4 Å². The van der Waals surface area contributed by atoms with Gasteiger partial charge in [-0.05, 0) is 32.8 Å². The van der Waals surface area contributed by atoms with Gasteiger partial charge in [-0.3, -0.25) is 19.3 Å². The Morgan fingerprint density at radius 1 is 1.30 bits per heavy atom. The second-order valence-corrected chi connectivity index (χ2v) is 7.91. The fraction of sp³-hybridized carbons (Fsp3) is 0.579. The summed E-state index contributed by atoms with van der Waals surface area (Å²) in [5.74, 6) is -1.18. The summed E-state index contributed by atoms with van der Waals surface area (Å²) in [6, 6.07) is 2.47. The monoisotopic (exact) mass is 476 g/mol. The van der Waals surface area contributed by atoms with Crippen LogP contribution in [0.2, 0.25) is 0 Å². The molecule has 33 heavy (non-hydrogen) atoms. The Morgan fingerprint density at radius 3 is 2.70 bits per heavy atom. The molecule has 0 aromatic carbocycles. The van der Waals surface area contributed by atoms with Crippen LogP contribution in [0.3, 0.4) is 0 Å². The van der Waals surface area contributed by atoms with Crippen LogP contribution in [0.5, 0.6) is 0 Å². The molecule has 2 heterocycles. The first-order chi connectivity index (χ1) is 15.4. The molecule has 1 aliphatic carbocycles. The minimum atomic E-state index is -4.82. The van der Waals surface area contributed by atoms with Gasteiger partial charge in [-0.15, -0.1) is 13.2 Å². The maximum absolute atomic E-state index is 14.8. The highest BCUT2D eigenvalue weighted by Gasteiger charge is 2.41. The number of hydrogen-bond donors (Lipinski definition) is 3. The first kappa shape index (κ1) is 24.5. The lowest BCUT2D eigenvalue weighted by Crippen LogP contribution is -2.36. The lowest BCUT2D eigenvalue weighted by molar-refractivity contribution is -0.330. The number of carbonyl (C=O) groups is 2. The lowest BCUT2D eigenvalue weighted by Gasteiger charge is -2.18. The van der Waals surface area contributed by atoms with Gasteiger partial charge in [0.15, 0.2) is 5.82 Å². The molecule has 3 rings (SSSR count). The Bertz CT molecular complexity index is 989. The van der Waals surface area contributed by atoms with E-state index in [1.165, 1.54) is 13.1 Å². The summed E-state index contributed by atoms with van der Waals surface area (Å²) in [6.07, 6.45) is -7.13. The quantitative estimate of drug-likeness (QED) is 0.528. The zero-order valence-electron chi connectivity index (χ0n) is 18.1. The second kappa shape index (κ2) is 9.77. The second-order valence-electron chi connectivity index (χ2n) is 7.91. The SMILES string of the molecule is CC(C)NC(=O)O[C@H]1CC[C@@H](c2cc(NC(=O)c3cc(COC(F)(F)F)nn3C)n[nH]2)[C@H]1F. The van der Waals surface area contributed by atoms with Gasteiger partial charge in [0.05, 0.1) is 5.69 Å². The van der Waals surface area contributed by atoms with Crippen molar-refractivity contribution in [2.75, 3.05) is 5.32 Å². The molecule has 0 radical (unpaired) electrons. The molecule has 0 aliphatic heterocycles. The van der Waals surface area contributed by atoms with E-state index < -0.39 is 43.2 Å². The number of halogens is 4. The highest BCUT2D eigenvalue weighted by atomic mass is 19.4. The van der Waals surface area contributed by atoms with Crippen molar-refractivity contribution in [3.8, 4) is 0 Å². The molecule has 10 nitrogen and oxygen atoms in total. The number of alkyl carbamates (subject to hydrolysis) is 1. The highest BCUT2D eigenvalue weighted by molar-refractivity contribution is 6.02. The van der Waals surface area contributed by atoms with Gasteiger partial charge in [0.1, 0.15) is 24.6 Å². The number of ether oxygens (including phenoxy) is 2. The number of hydrogen-bond acceptors (Lipinski definition) is 6. The van der Waals surface area contributed by atoms with E-state index in [4.69, 9.17) is 4.74 Å². The van der Waals surface area contributed by atoms with E-state index in [0.29, 0.717) is 18.5 Å². The number of rotatable bonds is 7. The topological polar surface area (TPSA) is 123 Å². The summed E-state index contributed by atoms with van der Waals surface area (Å²) in [6.45, 7) is 2.68. The largest absolute Gasteiger partial charge is 0.522 e. The predicted octanol–water partition coefficient (Wildman–Crippen LogP) is 3.15. The van der Waals surface area contributed by atoms with Crippen molar-refractivity contribution in [3.05, 3.63) is 29.2 Å². The molecule has 0 saturated heterocycles. The molecular weight excluding hydrogens is 452 g/mol. The Balaban J connectivity index is 1.59. The summed E-state index contributed by atoms with van der Waals surface area (Å²) >= 11 is 0. The van der Waals surface area contributed by atoms with E-state index in [-0.39, 0.29) is 23.2 Å². The lowest BCUT2D eigenvalue weighted by atomic mass is 10.0. The Hall–Kier alpha value is -3.16. The van der Waals surface area contributed by atoms with Crippen LogP contribution in [0.15, 0.2) is 12.1 Å². The summed E-state index contributed by atoms with van der Waals surface area (Å²) < 4.78 is 61.4. The third kappa shape index (κ3) is 6.43. The van der Waals surface area contributed by atoms with Crippen molar-refractivity contribution in [2.24, 2.45) is 7.05 Å². The fourth-order valence-electron chi connectivity index (χ4n) is 3.52. The summed E-state index contributed by atoms with van der Waals surface area (Å²) in [7, 11) is 1.39. The van der Waals surface area contributed by atoms with Crippen molar-refractivity contribution in [1.29, 1.82) is 0 Å². The molecule has 14 heteroatoms. The van der Waals surface area contributed by atoms with E-state index in [1.807, 2.05) is 0 Å². The zero-order valence-corrected chi connectivity index (χ0v) is 18.1. The molecule has 2 aromatic heterocycles. The van der Waals surface area contributed by atoms with Crippen molar-refractivity contribution in [2.45, 2.75) is 63.9 Å². The molecule has 1 saturated carbocycles. The Kier molecular flexibility index (Phi) is 7.25. The number of aromatic nitrogens is 4. The molecule has 0 spiro atoms. The fourth-order valence-corrected chi connectivity index (χ4v) is 3.52. The summed E-state index contributed by atoms with van der Waals surface area (Å²) in [5, 5.41) is 15.5. The number of anilines is 1. The summed E-state index contributed by atoms with van der Waals surface area (Å²) in [5.41, 5.74) is 0.313. The molecule has 2 amide bonds. The smallest absolute Gasteiger partial charge is 0.443 e. The summed E-state index contributed by atoms with van der Waals surface area (Å²) in [4.78, 5) is 24.2. The number of nitrogens with zero attached hydrogens (tertiary/aromatic N) is 3. The van der Waals surface area contributed by atoms with Gasteiger partial charge >= 0.3 is 12.5 Å². The molecular formula is C19H24F4N6O4. The molecule has 3 N–H and O–H groups in total. The van der Waals surface area contributed by atoms with Crippen molar-refractivity contribution >= 4 is 17.8 Å². The molecule has 3 atom stereocenters. The maximum Gasteiger partial charge on any atom is 0.522 e. The number of carbonyl (C=O) groups excluding carboxylic acids is 2. The Labute approximate surface area is 186 Å². The molecule has 182 valence electrons. The Morgan fingerprint density at radius 2 is 2.03 bits per heavy atom. The van der Waals surface area contributed by atoms with Gasteiger partial charge in [0, 0.05) is 30.8 Å². The van der Waals surface area contributed by atoms with Crippen LogP contribution in [-0.2, 0) is 23.1 Å². The highest BCUT2D eigenvalue weighted by Crippen LogP contribution is 2.38. The van der Waals surface area contributed by atoms with E-state index >= 15 is 0 Å². The van der Waals surface area contributed by atoms with E-state index in [1.54, 1.807) is 13.8 Å². The number of aryl methyl sites for hydroxylation is 1. The van der Waals surface area contributed by atoms with Gasteiger partial charge in [-0.25, -0.2) is 9.18 Å². The first-order valence-corrected chi connectivity index (χ1v) is 10.1. The van der Waals surface area contributed by atoms with Crippen molar-refractivity contribution < 1.29 is 36.6 Å². The molecule has 1 fully saturated rings. The molecule has 0 bridgehead atoms. The first-order valence-electron chi connectivity index (χ1n) is 10.1. The van der Waals surface area contributed by atoms with Crippen LogP contribution < -0.4 is 10.6 Å². The molecule has 2 aromatic rings. The predicted molar refractivity (Wildman–Crippen MR) is 106 cm³/mol. The molecule has 0 unspecified atom stereocenters. The number of nitrogens with one attached hydrogen (secondary N) is 3. The minimum absolute atomic E-state index is 0.0193. The molecule has 1 aliphatic rings. The number of alkyl halides is 4. The van der Waals surface area contributed by atoms with Gasteiger partial charge in [-0.2, -0.15) is 10.2 Å². The van der Waals surface area contributed by atoms with Crippen LogP contribution in [-0.4, -0.2) is 56.7 Å². The van der Waals surface area contributed by atoms with Crippen LogP contribution in [0, 0.1) is 0 Å². The number of aromatic amines is 1. The third-order valence-electron chi connectivity index (χ3n) is 4.95. The van der Waals surface area contributed by atoms with Crippen LogP contribution >= 0.6 is 0 Å². The van der Waals surface area contributed by atoms with Crippen molar-refractivity contribution in [1.82, 2.24) is 25.3 Å². The average molecular weight is 476 g/mol. The van der Waals surface area contributed by atoms with E-state index in [2.05, 4.69) is 30.7 Å². The normalized spacial score (nSPS) is 20.8. The van der Waals surface area contributed by atoms with E-state index in [9.17, 15) is 27.2 Å². The maximum atomic E-state index is 14.8. The standard InChI is InChI=1S/C19H24F4N6O4/c1-9(2)24-18(31)33-14-5-4-11(16(14)20)12-7-15(27-26-12)25-17(30)13-6-10(28-29(13)3)8-32-19(21,22)23/h6-7,9,11,14,16H,4-5,8H2,1-3H3,(H,24,31)(H2,25,26,27,30)/t11-,14-,16+/m0/s1. The van der Waals surface area contributed by atoms with Crippen LogP contribution in [0.1, 0.15) is 54.5 Å². The third-order valence-corrected chi connectivity index (χ3v) is 4.95. The van der Waals surface area contributed by atoms with Crippen molar-refractivity contribution in [3.63, 3.8) is 0 Å². The van der Waals surface area contributed by atoms with Gasteiger partial charge in [-0.1, -0.05) is 0 Å². The van der Waals surface area contributed by atoms with Crippen LogP contribution in [0.25, 0.3) is 0 Å². The number of amides is 2. The van der Waals surface area contributed by atoms with Gasteiger partial charge in [0.2, 0.25) is 0 Å².